The van der Waals surface area contributed by atoms with Gasteiger partial charge in [-0.1, -0.05) is 20.3 Å². The molecule has 0 aliphatic heterocycles. The van der Waals surface area contributed by atoms with Crippen molar-refractivity contribution in [3.63, 3.8) is 0 Å². The third-order valence-corrected chi connectivity index (χ3v) is 4.02. The fraction of sp³-hybridized carbons (Fsp3) is 0.471. The summed E-state index contributed by atoms with van der Waals surface area (Å²) in [6.07, 6.45) is 0.567. The van der Waals surface area contributed by atoms with Crippen molar-refractivity contribution in [3.05, 3.63) is 45.9 Å². The number of hydrogen-bond acceptors (Lipinski definition) is 4. The Balaban J connectivity index is 2.38. The number of pyridine rings is 1. The van der Waals surface area contributed by atoms with Gasteiger partial charge in [0, 0.05) is 11.8 Å². The minimum absolute atomic E-state index is 0.0881. The van der Waals surface area contributed by atoms with Gasteiger partial charge in [0.15, 0.2) is 5.82 Å². The maximum Gasteiger partial charge on any atom is 0.266 e. The Morgan fingerprint density at radius 1 is 1.24 bits per heavy atom. The zero-order chi connectivity index (χ0) is 18.6. The molecule has 0 bridgehead atoms. The molecule has 0 radical (unpaired) electrons. The average molecular weight is 373 g/mol. The summed E-state index contributed by atoms with van der Waals surface area (Å²) in [6.45, 7) is 5.62. The summed E-state index contributed by atoms with van der Waals surface area (Å²) >= 11 is 5.99. The fourth-order valence-electron chi connectivity index (χ4n) is 2.65. The second-order valence-electron chi connectivity index (χ2n) is 5.64. The van der Waals surface area contributed by atoms with Gasteiger partial charge in [0.2, 0.25) is 5.28 Å². The van der Waals surface area contributed by atoms with E-state index in [0.29, 0.717) is 12.2 Å². The first-order chi connectivity index (χ1) is 11.9. The fourth-order valence-corrected chi connectivity index (χ4v) is 2.84. The quantitative estimate of drug-likeness (QED) is 0.671. The molecular weight excluding hydrogens is 353 g/mol. The maximum absolute atomic E-state index is 14.3. The molecule has 2 rings (SSSR count). The summed E-state index contributed by atoms with van der Waals surface area (Å²) in [5.41, 5.74) is 0.950. The Labute approximate surface area is 149 Å². The highest BCUT2D eigenvalue weighted by atomic mass is 35.5. The molecule has 2 aromatic rings. The lowest BCUT2D eigenvalue weighted by Crippen LogP contribution is -2.16. The molecule has 0 aliphatic rings. The first kappa shape index (κ1) is 19.4. The summed E-state index contributed by atoms with van der Waals surface area (Å²) in [6, 6.07) is 0.318. The van der Waals surface area contributed by atoms with E-state index in [1.165, 1.54) is 6.20 Å². The van der Waals surface area contributed by atoms with Crippen molar-refractivity contribution in [2.24, 2.45) is 0 Å². The van der Waals surface area contributed by atoms with Gasteiger partial charge < -0.3 is 5.32 Å². The van der Waals surface area contributed by atoms with E-state index in [0.717, 1.165) is 30.2 Å². The number of nitrogens with one attached hydrogen (secondary N) is 1. The van der Waals surface area contributed by atoms with Gasteiger partial charge in [-0.25, -0.2) is 23.1 Å². The molecule has 1 N–H and O–H groups in total. The van der Waals surface area contributed by atoms with E-state index in [9.17, 15) is 13.2 Å². The zero-order valence-corrected chi connectivity index (χ0v) is 15.0. The van der Waals surface area contributed by atoms with Crippen molar-refractivity contribution in [2.75, 3.05) is 5.32 Å². The normalized spacial score (nSPS) is 12.5. The Bertz CT molecular complexity index is 740. The SMILES string of the molecule is CCCc1nc(Cl)nc(NC(C)c2nccc(C(F)F)c2F)c1CC. The van der Waals surface area contributed by atoms with Gasteiger partial charge in [-0.05, 0) is 37.4 Å². The van der Waals surface area contributed by atoms with Crippen LogP contribution >= 0.6 is 11.6 Å². The molecule has 4 nitrogen and oxygen atoms in total. The number of anilines is 1. The van der Waals surface area contributed by atoms with E-state index in [2.05, 4.69) is 20.3 Å². The second-order valence-corrected chi connectivity index (χ2v) is 5.97. The van der Waals surface area contributed by atoms with Gasteiger partial charge in [-0.3, -0.25) is 4.98 Å². The van der Waals surface area contributed by atoms with Crippen LogP contribution in [0.25, 0.3) is 0 Å². The summed E-state index contributed by atoms with van der Waals surface area (Å²) in [5, 5.41) is 3.13. The minimum Gasteiger partial charge on any atom is -0.361 e. The van der Waals surface area contributed by atoms with Crippen LogP contribution in [0, 0.1) is 5.82 Å². The summed E-state index contributed by atoms with van der Waals surface area (Å²) in [7, 11) is 0. The van der Waals surface area contributed by atoms with E-state index in [-0.39, 0.29) is 11.0 Å². The molecular formula is C17H20ClF3N4. The highest BCUT2D eigenvalue weighted by Gasteiger charge is 2.22. The smallest absolute Gasteiger partial charge is 0.266 e. The maximum atomic E-state index is 14.3. The molecule has 1 atom stereocenters. The Hall–Kier alpha value is -1.89. The number of halogens is 4. The molecule has 136 valence electrons. The third-order valence-electron chi connectivity index (χ3n) is 3.85. The number of rotatable bonds is 7. The number of nitrogens with zero attached hydrogens (tertiary/aromatic N) is 3. The largest absolute Gasteiger partial charge is 0.361 e. The topological polar surface area (TPSA) is 50.7 Å². The van der Waals surface area contributed by atoms with Gasteiger partial charge >= 0.3 is 0 Å². The molecule has 0 spiro atoms. The highest BCUT2D eigenvalue weighted by Crippen LogP contribution is 2.29. The van der Waals surface area contributed by atoms with Crippen LogP contribution < -0.4 is 5.32 Å². The van der Waals surface area contributed by atoms with Crippen LogP contribution in [0.1, 0.15) is 62.2 Å². The van der Waals surface area contributed by atoms with Gasteiger partial charge in [-0.15, -0.1) is 0 Å². The number of aryl methyl sites for hydroxylation is 1. The molecule has 0 amide bonds. The first-order valence-electron chi connectivity index (χ1n) is 8.13. The molecule has 0 saturated heterocycles. The van der Waals surface area contributed by atoms with Crippen molar-refractivity contribution in [3.8, 4) is 0 Å². The Morgan fingerprint density at radius 3 is 2.56 bits per heavy atom. The van der Waals surface area contributed by atoms with E-state index < -0.39 is 23.8 Å². The first-order valence-corrected chi connectivity index (χ1v) is 8.51. The van der Waals surface area contributed by atoms with Crippen LogP contribution in [0.15, 0.2) is 12.3 Å². The van der Waals surface area contributed by atoms with E-state index in [4.69, 9.17) is 11.6 Å². The summed E-state index contributed by atoms with van der Waals surface area (Å²) < 4.78 is 40.1. The molecule has 0 fully saturated rings. The lowest BCUT2D eigenvalue weighted by Gasteiger charge is -2.19. The van der Waals surface area contributed by atoms with Crippen molar-refractivity contribution >= 4 is 17.4 Å². The molecule has 2 heterocycles. The number of hydrogen-bond donors (Lipinski definition) is 1. The van der Waals surface area contributed by atoms with Crippen LogP contribution in [0.5, 0.6) is 0 Å². The molecule has 0 saturated carbocycles. The lowest BCUT2D eigenvalue weighted by atomic mass is 10.1. The van der Waals surface area contributed by atoms with Crippen LogP contribution in [0.4, 0.5) is 19.0 Å². The second kappa shape index (κ2) is 8.47. The van der Waals surface area contributed by atoms with Crippen molar-refractivity contribution < 1.29 is 13.2 Å². The van der Waals surface area contributed by atoms with Gasteiger partial charge in [-0.2, -0.15) is 0 Å². The predicted octanol–water partition coefficient (Wildman–Crippen LogP) is 5.29. The molecule has 0 aliphatic carbocycles. The Morgan fingerprint density at radius 2 is 1.96 bits per heavy atom. The number of aromatic nitrogens is 3. The van der Waals surface area contributed by atoms with Crippen LogP contribution in [0.2, 0.25) is 5.28 Å². The minimum atomic E-state index is -2.90. The average Bonchev–Trinajstić information content (AvgIpc) is 2.54. The van der Waals surface area contributed by atoms with Gasteiger partial charge in [0.05, 0.1) is 23.0 Å². The molecule has 0 aromatic carbocycles. The van der Waals surface area contributed by atoms with Gasteiger partial charge in [0.25, 0.3) is 6.43 Å². The predicted molar refractivity (Wildman–Crippen MR) is 91.6 cm³/mol. The molecule has 2 aromatic heterocycles. The molecule has 1 unspecified atom stereocenters. The van der Waals surface area contributed by atoms with E-state index in [1.54, 1.807) is 6.92 Å². The molecule has 8 heteroatoms. The summed E-state index contributed by atoms with van der Waals surface area (Å²) in [5.74, 6) is -0.536. The van der Waals surface area contributed by atoms with Crippen molar-refractivity contribution in [1.29, 1.82) is 0 Å². The standard InChI is InChI=1S/C17H20ClF3N4/c1-4-6-12-10(5-2)16(25-17(18)24-12)23-9(3)14-13(19)11(15(20)21)7-8-22-14/h7-9,15H,4-6H2,1-3H3,(H,23,24,25). The zero-order valence-electron chi connectivity index (χ0n) is 14.3. The van der Waals surface area contributed by atoms with E-state index >= 15 is 0 Å². The summed E-state index contributed by atoms with van der Waals surface area (Å²) in [4.78, 5) is 12.3. The highest BCUT2D eigenvalue weighted by molar-refractivity contribution is 6.28. The van der Waals surface area contributed by atoms with Crippen LogP contribution in [-0.4, -0.2) is 15.0 Å². The number of alkyl halides is 2. The third kappa shape index (κ3) is 4.39. The van der Waals surface area contributed by atoms with Crippen molar-refractivity contribution in [2.45, 2.75) is 52.5 Å². The van der Waals surface area contributed by atoms with Crippen LogP contribution in [-0.2, 0) is 12.8 Å². The van der Waals surface area contributed by atoms with Crippen LogP contribution in [0.3, 0.4) is 0 Å². The molecule has 25 heavy (non-hydrogen) atoms. The van der Waals surface area contributed by atoms with Crippen molar-refractivity contribution in [1.82, 2.24) is 15.0 Å². The van der Waals surface area contributed by atoms with Gasteiger partial charge in [0.1, 0.15) is 5.82 Å². The lowest BCUT2D eigenvalue weighted by molar-refractivity contribution is 0.145. The Kier molecular flexibility index (Phi) is 6.58. The van der Waals surface area contributed by atoms with E-state index in [1.807, 2.05) is 13.8 Å². The monoisotopic (exact) mass is 372 g/mol.